The summed E-state index contributed by atoms with van der Waals surface area (Å²) in [6.45, 7) is 6.50. The smallest absolute Gasteiger partial charge is 0.224 e. The summed E-state index contributed by atoms with van der Waals surface area (Å²) < 4.78 is 0. The fourth-order valence-electron chi connectivity index (χ4n) is 3.05. The van der Waals surface area contributed by atoms with Crippen molar-refractivity contribution < 1.29 is 4.79 Å². The van der Waals surface area contributed by atoms with Crippen molar-refractivity contribution in [1.29, 1.82) is 0 Å². The predicted molar refractivity (Wildman–Crippen MR) is 80.8 cm³/mol. The maximum absolute atomic E-state index is 12.3. The normalized spacial score (nSPS) is 28.9. The van der Waals surface area contributed by atoms with E-state index in [1.165, 1.54) is 25.7 Å². The van der Waals surface area contributed by atoms with Crippen LogP contribution >= 0.6 is 0 Å². The van der Waals surface area contributed by atoms with Gasteiger partial charge in [0.25, 0.3) is 0 Å². The van der Waals surface area contributed by atoms with E-state index in [2.05, 4.69) is 26.1 Å². The molecule has 1 rings (SSSR count). The molecular formula is C16H32N2O. The highest BCUT2D eigenvalue weighted by Crippen LogP contribution is 2.28. The number of carbonyl (C=O) groups excluding carboxylic acids is 1. The summed E-state index contributed by atoms with van der Waals surface area (Å²) in [6.07, 6.45) is 9.39. The number of amides is 1. The Balaban J connectivity index is 2.29. The van der Waals surface area contributed by atoms with Crippen molar-refractivity contribution in [2.75, 3.05) is 0 Å². The summed E-state index contributed by atoms with van der Waals surface area (Å²) in [5.74, 6) is 0.688. The predicted octanol–water partition coefficient (Wildman–Crippen LogP) is 3.23. The van der Waals surface area contributed by atoms with E-state index in [-0.39, 0.29) is 23.9 Å². The SMILES string of the molecule is CCCCCCC(C)NC(=O)C1CCCC(C)C1N. The minimum atomic E-state index is 0.0295. The van der Waals surface area contributed by atoms with Gasteiger partial charge in [0.05, 0.1) is 5.92 Å². The van der Waals surface area contributed by atoms with Crippen molar-refractivity contribution in [2.45, 2.75) is 84.2 Å². The van der Waals surface area contributed by atoms with Crippen molar-refractivity contribution >= 4 is 5.91 Å². The molecule has 19 heavy (non-hydrogen) atoms. The monoisotopic (exact) mass is 268 g/mol. The third-order valence-corrected chi connectivity index (χ3v) is 4.51. The molecule has 4 unspecified atom stereocenters. The van der Waals surface area contributed by atoms with E-state index in [1.807, 2.05) is 0 Å². The molecule has 1 saturated carbocycles. The molecule has 1 aliphatic carbocycles. The van der Waals surface area contributed by atoms with Crippen LogP contribution in [0.5, 0.6) is 0 Å². The van der Waals surface area contributed by atoms with Gasteiger partial charge in [-0.3, -0.25) is 4.79 Å². The van der Waals surface area contributed by atoms with Crippen molar-refractivity contribution in [3.63, 3.8) is 0 Å². The van der Waals surface area contributed by atoms with Crippen LogP contribution in [0, 0.1) is 11.8 Å². The van der Waals surface area contributed by atoms with Crippen molar-refractivity contribution in [3.05, 3.63) is 0 Å². The molecule has 0 heterocycles. The molecule has 1 aliphatic rings. The van der Waals surface area contributed by atoms with Gasteiger partial charge in [0.2, 0.25) is 5.91 Å². The standard InChI is InChI=1S/C16H32N2O/c1-4-5-6-7-10-13(3)18-16(19)14-11-8-9-12(2)15(14)17/h12-15H,4-11,17H2,1-3H3,(H,18,19). The van der Waals surface area contributed by atoms with Gasteiger partial charge in [0.1, 0.15) is 0 Å². The van der Waals surface area contributed by atoms with Gasteiger partial charge in [0.15, 0.2) is 0 Å². The van der Waals surface area contributed by atoms with Gasteiger partial charge in [-0.15, -0.1) is 0 Å². The van der Waals surface area contributed by atoms with Gasteiger partial charge >= 0.3 is 0 Å². The molecule has 3 N–H and O–H groups in total. The number of rotatable bonds is 7. The second-order valence-electron chi connectivity index (χ2n) is 6.35. The fourth-order valence-corrected chi connectivity index (χ4v) is 3.05. The summed E-state index contributed by atoms with van der Waals surface area (Å²) in [4.78, 5) is 12.3. The number of nitrogens with two attached hydrogens (primary N) is 1. The average Bonchev–Trinajstić information content (AvgIpc) is 2.38. The third kappa shape index (κ3) is 5.52. The highest BCUT2D eigenvalue weighted by Gasteiger charge is 2.32. The molecule has 0 aliphatic heterocycles. The number of unbranched alkanes of at least 4 members (excludes halogenated alkanes) is 3. The van der Waals surface area contributed by atoms with E-state index in [9.17, 15) is 4.79 Å². The van der Waals surface area contributed by atoms with E-state index in [4.69, 9.17) is 5.73 Å². The highest BCUT2D eigenvalue weighted by atomic mass is 16.2. The Bertz CT molecular complexity index is 267. The average molecular weight is 268 g/mol. The second-order valence-corrected chi connectivity index (χ2v) is 6.35. The van der Waals surface area contributed by atoms with E-state index >= 15 is 0 Å². The van der Waals surface area contributed by atoms with E-state index in [0.717, 1.165) is 25.7 Å². The zero-order valence-corrected chi connectivity index (χ0v) is 13.0. The molecular weight excluding hydrogens is 236 g/mol. The number of hydrogen-bond donors (Lipinski definition) is 2. The first-order chi connectivity index (χ1) is 9.06. The van der Waals surface area contributed by atoms with Crippen LogP contribution in [0.15, 0.2) is 0 Å². The molecule has 112 valence electrons. The van der Waals surface area contributed by atoms with E-state index in [1.54, 1.807) is 0 Å². The van der Waals surface area contributed by atoms with Crippen molar-refractivity contribution in [2.24, 2.45) is 17.6 Å². The van der Waals surface area contributed by atoms with Gasteiger partial charge in [-0.25, -0.2) is 0 Å². The largest absolute Gasteiger partial charge is 0.353 e. The van der Waals surface area contributed by atoms with Crippen molar-refractivity contribution in [3.8, 4) is 0 Å². The first kappa shape index (κ1) is 16.5. The Morgan fingerprint density at radius 1 is 1.32 bits per heavy atom. The van der Waals surface area contributed by atoms with Crippen LogP contribution in [0.25, 0.3) is 0 Å². The van der Waals surface area contributed by atoms with Crippen LogP contribution in [0.1, 0.15) is 72.1 Å². The molecule has 3 heteroatoms. The summed E-state index contributed by atoms with van der Waals surface area (Å²) in [5, 5.41) is 3.16. The van der Waals surface area contributed by atoms with E-state index < -0.39 is 0 Å². The first-order valence-corrected chi connectivity index (χ1v) is 8.12. The second kappa shape index (κ2) is 8.57. The lowest BCUT2D eigenvalue weighted by Crippen LogP contribution is -2.49. The lowest BCUT2D eigenvalue weighted by Gasteiger charge is -2.33. The molecule has 0 radical (unpaired) electrons. The zero-order chi connectivity index (χ0) is 14.3. The van der Waals surface area contributed by atoms with Crippen LogP contribution in [-0.2, 0) is 4.79 Å². The van der Waals surface area contributed by atoms with Gasteiger partial charge < -0.3 is 11.1 Å². The Morgan fingerprint density at radius 3 is 2.74 bits per heavy atom. The van der Waals surface area contributed by atoms with Crippen LogP contribution in [-0.4, -0.2) is 18.0 Å². The molecule has 0 aromatic carbocycles. The van der Waals surface area contributed by atoms with Crippen LogP contribution < -0.4 is 11.1 Å². The van der Waals surface area contributed by atoms with E-state index in [0.29, 0.717) is 5.92 Å². The molecule has 0 aromatic heterocycles. The van der Waals surface area contributed by atoms with Crippen LogP contribution in [0.3, 0.4) is 0 Å². The van der Waals surface area contributed by atoms with Crippen LogP contribution in [0.4, 0.5) is 0 Å². The molecule has 0 saturated heterocycles. The third-order valence-electron chi connectivity index (χ3n) is 4.51. The Morgan fingerprint density at radius 2 is 2.05 bits per heavy atom. The van der Waals surface area contributed by atoms with Crippen molar-refractivity contribution in [1.82, 2.24) is 5.32 Å². The number of nitrogens with one attached hydrogen (secondary N) is 1. The fraction of sp³-hybridized carbons (Fsp3) is 0.938. The van der Waals surface area contributed by atoms with Gasteiger partial charge in [-0.05, 0) is 32.1 Å². The molecule has 0 aromatic rings. The quantitative estimate of drug-likeness (QED) is 0.697. The molecule has 0 bridgehead atoms. The summed E-state index contributed by atoms with van der Waals surface area (Å²) >= 11 is 0. The van der Waals surface area contributed by atoms with Gasteiger partial charge in [-0.1, -0.05) is 46.0 Å². The summed E-state index contributed by atoms with van der Waals surface area (Å²) in [6, 6.07) is 0.329. The Labute approximate surface area is 118 Å². The minimum absolute atomic E-state index is 0.0295. The molecule has 0 spiro atoms. The minimum Gasteiger partial charge on any atom is -0.353 e. The van der Waals surface area contributed by atoms with Gasteiger partial charge in [0, 0.05) is 12.1 Å². The zero-order valence-electron chi connectivity index (χ0n) is 13.0. The molecule has 4 atom stereocenters. The Hall–Kier alpha value is -0.570. The maximum atomic E-state index is 12.3. The Kier molecular flexibility index (Phi) is 7.44. The topological polar surface area (TPSA) is 55.1 Å². The van der Waals surface area contributed by atoms with Gasteiger partial charge in [-0.2, -0.15) is 0 Å². The lowest BCUT2D eigenvalue weighted by atomic mass is 9.77. The number of hydrogen-bond acceptors (Lipinski definition) is 2. The van der Waals surface area contributed by atoms with Crippen LogP contribution in [0.2, 0.25) is 0 Å². The first-order valence-electron chi connectivity index (χ1n) is 8.12. The summed E-state index contributed by atoms with van der Waals surface area (Å²) in [5.41, 5.74) is 6.18. The molecule has 3 nitrogen and oxygen atoms in total. The lowest BCUT2D eigenvalue weighted by molar-refractivity contribution is -0.127. The molecule has 1 amide bonds. The molecule has 1 fully saturated rings. The summed E-state index contributed by atoms with van der Waals surface area (Å²) in [7, 11) is 0. The highest BCUT2D eigenvalue weighted by molar-refractivity contribution is 5.79. The number of carbonyl (C=O) groups is 1. The maximum Gasteiger partial charge on any atom is 0.224 e.